The fourth-order valence-corrected chi connectivity index (χ4v) is 14.6. The highest BCUT2D eigenvalue weighted by Crippen LogP contribution is 2.54. The monoisotopic (exact) mass is 1280 g/mol. The molecule has 2 aliphatic heterocycles. The molecule has 0 fully saturated rings. The van der Waals surface area contributed by atoms with Gasteiger partial charge in [0, 0.05) is 77.9 Å². The van der Waals surface area contributed by atoms with E-state index in [2.05, 4.69) is 0 Å². The van der Waals surface area contributed by atoms with Gasteiger partial charge in [-0.15, -0.1) is 0 Å². The van der Waals surface area contributed by atoms with E-state index in [4.69, 9.17) is 5.48 Å². The van der Waals surface area contributed by atoms with Crippen molar-refractivity contribution >= 4 is 101 Å². The van der Waals surface area contributed by atoms with E-state index in [9.17, 15) is 24.7 Å². The van der Waals surface area contributed by atoms with Gasteiger partial charge >= 0.3 is 0 Å². The smallest absolute Gasteiger partial charge is 0.252 e. The number of nitrogens with zero attached hydrogens (tertiary/aromatic N) is 4. The number of rotatable bonds is 10. The molecular weight excluding hydrogens is 1200 g/mol. The summed E-state index contributed by atoms with van der Waals surface area (Å²) in [6.07, 6.45) is 0. The Morgan fingerprint density at radius 2 is 0.586 bits per heavy atom. The standard InChI is InChI=1S/C94H67BN4/c1-94(2,3)70-58-89-91-90(59-70)99(93-74(67-32-14-7-15-33-67)39-25-41-76(93)69-52-48-65(49-53-69)63-28-10-5-11-29-63)88-61-72(97-85-44-22-18-36-79(85)80-37-19-23-45-86(80)97)55-57-82(88)95(91)81-56-54-71(96-83-42-20-16-34-77(83)78-35-17-21-43-84(78)96)60-87(81)98(89)92-73(66-30-12-6-13-31-66)38-24-40-75(92)68-50-46-64(47-51-68)62-26-8-4-9-27-62/h4-61H,1-3H3/i16D,17D,18D,19D,20D,21D,22D,23D,34D,35D,36D,37D,42D,43D,44D,45D,54D,55D,56D,57D,60D,61D. The molecule has 0 spiro atoms. The van der Waals surface area contributed by atoms with Crippen molar-refractivity contribution in [3.05, 3.63) is 357 Å². The average Bonchev–Trinajstić information content (AvgIpc) is 1.64. The number of fused-ring (bicyclic) bond motifs is 10. The van der Waals surface area contributed by atoms with E-state index in [0.29, 0.717) is 78.3 Å². The van der Waals surface area contributed by atoms with Gasteiger partial charge in [0.2, 0.25) is 0 Å². The van der Waals surface area contributed by atoms with Crippen LogP contribution in [0, 0.1) is 0 Å². The second kappa shape index (κ2) is 23.2. The Balaban J connectivity index is 1.05. The van der Waals surface area contributed by atoms with Gasteiger partial charge in [0.05, 0.1) is 63.6 Å². The second-order valence-electron chi connectivity index (χ2n) is 25.8. The Morgan fingerprint density at radius 3 is 0.919 bits per heavy atom. The first kappa shape index (κ1) is 39.6. The lowest BCUT2D eigenvalue weighted by molar-refractivity contribution is 0.590. The topological polar surface area (TPSA) is 16.3 Å². The van der Waals surface area contributed by atoms with Gasteiger partial charge in [-0.3, -0.25) is 0 Å². The molecular formula is C94H67BN4. The van der Waals surface area contributed by atoms with Crippen LogP contribution in [0.3, 0.4) is 0 Å². The normalized spacial score (nSPS) is 15.6. The first-order chi connectivity index (χ1) is 58.0. The molecule has 2 aromatic heterocycles. The predicted octanol–water partition coefficient (Wildman–Crippen LogP) is 23.3. The highest BCUT2D eigenvalue weighted by molar-refractivity contribution is 7.00. The number of hydrogen-bond donors (Lipinski definition) is 0. The highest BCUT2D eigenvalue weighted by atomic mass is 15.2. The third-order valence-corrected chi connectivity index (χ3v) is 19.2. The summed E-state index contributed by atoms with van der Waals surface area (Å²) in [4.78, 5) is 3.72. The van der Waals surface area contributed by atoms with Crippen LogP contribution in [0.2, 0.25) is 0 Å². The van der Waals surface area contributed by atoms with E-state index in [-0.39, 0.29) is 43.8 Å². The Morgan fingerprint density at radius 1 is 0.293 bits per heavy atom. The molecule has 17 aromatic rings. The molecule has 0 N–H and O–H groups in total. The second-order valence-corrected chi connectivity index (χ2v) is 25.8. The molecule has 19 rings (SSSR count). The van der Waals surface area contributed by atoms with Crippen molar-refractivity contribution < 1.29 is 30.2 Å². The summed E-state index contributed by atoms with van der Waals surface area (Å²) >= 11 is 0. The van der Waals surface area contributed by atoms with E-state index in [0.717, 1.165) is 31.4 Å². The van der Waals surface area contributed by atoms with Crippen LogP contribution in [0.15, 0.2) is 351 Å². The lowest BCUT2D eigenvalue weighted by Crippen LogP contribution is -2.61. The molecule has 0 amide bonds. The molecule has 0 aliphatic carbocycles. The van der Waals surface area contributed by atoms with E-state index in [1.54, 1.807) is 0 Å². The molecule has 4 heterocycles. The molecule has 0 bridgehead atoms. The minimum atomic E-state index is -1.64. The lowest BCUT2D eigenvalue weighted by atomic mass is 9.33. The van der Waals surface area contributed by atoms with E-state index in [1.165, 1.54) is 0 Å². The third kappa shape index (κ3) is 9.44. The summed E-state index contributed by atoms with van der Waals surface area (Å²) in [5.74, 6) is 0. The van der Waals surface area contributed by atoms with Crippen molar-refractivity contribution in [1.82, 2.24) is 9.13 Å². The molecule has 0 saturated carbocycles. The molecule has 0 saturated heterocycles. The number of anilines is 6. The quantitative estimate of drug-likeness (QED) is 0.127. The van der Waals surface area contributed by atoms with Gasteiger partial charge in [-0.05, 0) is 132 Å². The summed E-state index contributed by atoms with van der Waals surface area (Å²) in [5.41, 5.74) is 6.43. The van der Waals surface area contributed by atoms with Gasteiger partial charge in [0.15, 0.2) is 0 Å². The molecule has 0 radical (unpaired) electrons. The lowest BCUT2D eigenvalue weighted by Gasteiger charge is -2.46. The third-order valence-electron chi connectivity index (χ3n) is 19.2. The number of hydrogen-bond acceptors (Lipinski definition) is 2. The van der Waals surface area contributed by atoms with Crippen LogP contribution >= 0.6 is 0 Å². The average molecular weight is 1290 g/mol. The molecule has 0 atom stereocenters. The van der Waals surface area contributed by atoms with Crippen molar-refractivity contribution in [3.8, 4) is 78.1 Å². The predicted molar refractivity (Wildman–Crippen MR) is 420 cm³/mol. The van der Waals surface area contributed by atoms with Crippen molar-refractivity contribution in [3.63, 3.8) is 0 Å². The maximum absolute atomic E-state index is 11.7. The van der Waals surface area contributed by atoms with Crippen molar-refractivity contribution in [2.24, 2.45) is 0 Å². The van der Waals surface area contributed by atoms with Gasteiger partial charge in [-0.2, -0.15) is 0 Å². The fourth-order valence-electron chi connectivity index (χ4n) is 14.6. The molecule has 4 nitrogen and oxygen atoms in total. The van der Waals surface area contributed by atoms with Gasteiger partial charge in [-0.25, -0.2) is 0 Å². The minimum absolute atomic E-state index is 0.164. The van der Waals surface area contributed by atoms with Gasteiger partial charge in [0.25, 0.3) is 6.71 Å². The summed E-state index contributed by atoms with van der Waals surface area (Å²) in [6, 6.07) is 54.1. The maximum Gasteiger partial charge on any atom is 0.252 e. The van der Waals surface area contributed by atoms with Crippen molar-refractivity contribution in [2.75, 3.05) is 9.80 Å². The van der Waals surface area contributed by atoms with Crippen LogP contribution in [-0.2, 0) is 5.41 Å². The first-order valence-electron chi connectivity index (χ1n) is 43.7. The summed E-state index contributed by atoms with van der Waals surface area (Å²) < 4.78 is 221. The molecule has 15 aromatic carbocycles. The largest absolute Gasteiger partial charge is 0.310 e. The number of benzene rings is 15. The van der Waals surface area contributed by atoms with Crippen LogP contribution in [0.25, 0.3) is 122 Å². The molecule has 99 heavy (non-hydrogen) atoms. The zero-order chi connectivity index (χ0) is 85.0. The molecule has 5 heteroatoms. The molecule has 0 unspecified atom stereocenters. The van der Waals surface area contributed by atoms with Crippen LogP contribution in [0.1, 0.15) is 56.5 Å². The van der Waals surface area contributed by atoms with Crippen molar-refractivity contribution in [1.29, 1.82) is 0 Å². The van der Waals surface area contributed by atoms with Gasteiger partial charge in [-0.1, -0.05) is 312 Å². The Kier molecular flexibility index (Phi) is 9.25. The summed E-state index contributed by atoms with van der Waals surface area (Å²) in [5, 5.41) is -1.42. The van der Waals surface area contributed by atoms with Crippen LogP contribution < -0.4 is 26.2 Å². The summed E-state index contributed by atoms with van der Waals surface area (Å²) in [7, 11) is 0. The number of para-hydroxylation sites is 6. The fraction of sp³-hybridized carbons (Fsp3) is 0.0426. The van der Waals surface area contributed by atoms with Crippen LogP contribution in [0.5, 0.6) is 0 Å². The zero-order valence-electron chi connectivity index (χ0n) is 75.7. The minimum Gasteiger partial charge on any atom is -0.310 e. The molecule has 2 aliphatic rings. The number of aromatic nitrogens is 2. The zero-order valence-corrected chi connectivity index (χ0v) is 53.7. The Labute approximate surface area is 608 Å². The maximum atomic E-state index is 11.7. The SMILES string of the molecule is [2H]c1c([2H])c(-n2c3c([2H])c([2H])c([2H])c([2H])c3c3c([2H])c([2H])c([2H])c([2H])c32)c([2H])c2c1B1c3c(cc(C(C)(C)C)cc3N(c3c(-c4ccccc4)cccc3-c3ccc(-c4ccccc4)cc3)c3c([2H])c(-n4c5c([2H])c([2H])c([2H])c([2H])c5c5c([2H])c([2H])c([2H])c([2H])c54)c([2H])c([2H])c31)N2c1c(-c2ccccc2)cccc1-c1ccc(-c2ccccc2)cc1. The van der Waals surface area contributed by atoms with E-state index in [1.807, 2.05) is 249 Å². The molecule has 466 valence electrons. The van der Waals surface area contributed by atoms with Crippen molar-refractivity contribution in [2.45, 2.75) is 26.2 Å². The van der Waals surface area contributed by atoms with Crippen LogP contribution in [0.4, 0.5) is 34.1 Å². The van der Waals surface area contributed by atoms with E-state index < -0.39 is 179 Å². The van der Waals surface area contributed by atoms with Crippen LogP contribution in [-0.4, -0.2) is 15.8 Å². The Bertz CT molecular complexity index is 6800. The Hall–Kier alpha value is -12.4. The highest BCUT2D eigenvalue weighted by Gasteiger charge is 2.46. The summed E-state index contributed by atoms with van der Waals surface area (Å²) in [6.45, 7) is 4.40. The first-order valence-corrected chi connectivity index (χ1v) is 32.7. The van der Waals surface area contributed by atoms with Gasteiger partial charge < -0.3 is 18.9 Å². The van der Waals surface area contributed by atoms with E-state index >= 15 is 0 Å². The van der Waals surface area contributed by atoms with Gasteiger partial charge in [0.1, 0.15) is 0 Å².